The Morgan fingerprint density at radius 3 is 2.34 bits per heavy atom. The lowest BCUT2D eigenvalue weighted by Crippen LogP contribution is -2.12. The topological polar surface area (TPSA) is 130 Å². The van der Waals surface area contributed by atoms with Gasteiger partial charge in [-0.05, 0) is 74.1 Å². The zero-order chi connectivity index (χ0) is 31.9. The standard InChI is InChI=1S/C35H40N4O5/c1-9-21-17(3)25-14-27-19(5)23(11-12-40)33(38-27)24(13-31(41)43-7)34-32(35(42)44-8)20(6)28(39-34)16-30-22(10-2)18(4)26(37-30)15-29(21)36-25/h9,14-16,19,23,36,39-40H,1,10-13H2,2-8H3/t19-,23-/m0/s1. The molecule has 2 atom stereocenters. The van der Waals surface area contributed by atoms with Crippen LogP contribution in [-0.4, -0.2) is 57.8 Å². The van der Waals surface area contributed by atoms with E-state index in [1.54, 1.807) is 0 Å². The molecular formula is C35H40N4O5. The first-order chi connectivity index (χ1) is 21.1. The molecule has 0 spiro atoms. The molecule has 5 rings (SSSR count). The van der Waals surface area contributed by atoms with Gasteiger partial charge in [0.2, 0.25) is 0 Å². The van der Waals surface area contributed by atoms with Crippen molar-refractivity contribution in [3.05, 3.63) is 75.4 Å². The fourth-order valence-electron chi connectivity index (χ4n) is 6.54. The monoisotopic (exact) mass is 596 g/mol. The van der Waals surface area contributed by atoms with Gasteiger partial charge in [0, 0.05) is 51.8 Å². The van der Waals surface area contributed by atoms with Gasteiger partial charge in [0.15, 0.2) is 0 Å². The highest BCUT2D eigenvalue weighted by Gasteiger charge is 2.33. The van der Waals surface area contributed by atoms with Crippen LogP contribution in [0.5, 0.6) is 0 Å². The number of allylic oxidation sites excluding steroid dienone is 2. The van der Waals surface area contributed by atoms with Gasteiger partial charge in [-0.1, -0.05) is 26.5 Å². The van der Waals surface area contributed by atoms with Crippen LogP contribution in [0.2, 0.25) is 0 Å². The van der Waals surface area contributed by atoms with Crippen LogP contribution in [0.25, 0.3) is 39.3 Å². The van der Waals surface area contributed by atoms with E-state index in [-0.39, 0.29) is 24.9 Å². The molecule has 8 bridgehead atoms. The molecule has 2 aliphatic rings. The molecular weight excluding hydrogens is 556 g/mol. The van der Waals surface area contributed by atoms with Gasteiger partial charge in [0.1, 0.15) is 0 Å². The van der Waals surface area contributed by atoms with Gasteiger partial charge in [-0.15, -0.1) is 0 Å². The number of hydrogen-bond donors (Lipinski definition) is 3. The molecule has 0 unspecified atom stereocenters. The number of fused-ring (bicyclic) bond motifs is 8. The summed E-state index contributed by atoms with van der Waals surface area (Å²) < 4.78 is 10.3. The third-order valence-corrected chi connectivity index (χ3v) is 9.12. The molecule has 0 saturated heterocycles. The van der Waals surface area contributed by atoms with Crippen molar-refractivity contribution < 1.29 is 24.2 Å². The Balaban J connectivity index is 2.07. The molecule has 9 heteroatoms. The fraction of sp³-hybridized carbons (Fsp3) is 0.371. The Hall–Kier alpha value is -4.50. The van der Waals surface area contributed by atoms with Crippen molar-refractivity contribution in [2.45, 2.75) is 65.7 Å². The van der Waals surface area contributed by atoms with Gasteiger partial charge >= 0.3 is 11.9 Å². The number of nitrogens with zero attached hydrogens (tertiary/aromatic N) is 2. The van der Waals surface area contributed by atoms with Crippen LogP contribution in [0.1, 0.15) is 101 Å². The van der Waals surface area contributed by atoms with Crippen molar-refractivity contribution in [2.75, 3.05) is 20.8 Å². The first-order valence-electron chi connectivity index (χ1n) is 14.9. The molecule has 9 nitrogen and oxygen atoms in total. The average Bonchev–Trinajstić information content (AvgIpc) is 3.69. The second kappa shape index (κ2) is 12.2. The number of aromatic nitrogens is 4. The Morgan fingerprint density at radius 2 is 1.70 bits per heavy atom. The minimum atomic E-state index is -0.530. The first kappa shape index (κ1) is 30.9. The van der Waals surface area contributed by atoms with Crippen molar-refractivity contribution in [1.82, 2.24) is 19.9 Å². The first-order valence-corrected chi connectivity index (χ1v) is 14.9. The molecule has 5 heterocycles. The fourth-order valence-corrected chi connectivity index (χ4v) is 6.54. The van der Waals surface area contributed by atoms with Gasteiger partial charge in [-0.3, -0.25) is 9.78 Å². The number of methoxy groups -OCH3 is 2. The molecule has 3 aromatic heterocycles. The third kappa shape index (κ3) is 5.15. The molecule has 0 aromatic carbocycles. The summed E-state index contributed by atoms with van der Waals surface area (Å²) in [4.78, 5) is 43.4. The normalized spacial score (nSPS) is 16.3. The zero-order valence-electron chi connectivity index (χ0n) is 26.5. The largest absolute Gasteiger partial charge is 0.469 e. The number of esters is 2. The number of aliphatic hydroxyl groups excluding tert-OH is 1. The molecule has 44 heavy (non-hydrogen) atoms. The highest BCUT2D eigenvalue weighted by molar-refractivity contribution is 6.03. The maximum absolute atomic E-state index is 13.3. The number of nitrogens with one attached hydrogen (secondary N) is 2. The molecule has 0 saturated carbocycles. The van der Waals surface area contributed by atoms with Crippen molar-refractivity contribution in [3.63, 3.8) is 0 Å². The summed E-state index contributed by atoms with van der Waals surface area (Å²) in [5, 5.41) is 10.1. The van der Waals surface area contributed by atoms with Crippen molar-refractivity contribution >= 4 is 51.2 Å². The lowest BCUT2D eigenvalue weighted by molar-refractivity contribution is -0.139. The van der Waals surface area contributed by atoms with E-state index in [1.165, 1.54) is 14.2 Å². The van der Waals surface area contributed by atoms with E-state index in [4.69, 9.17) is 19.4 Å². The molecule has 0 radical (unpaired) electrons. The summed E-state index contributed by atoms with van der Waals surface area (Å²) in [7, 11) is 2.67. The van der Waals surface area contributed by atoms with Gasteiger partial charge < -0.3 is 24.5 Å². The van der Waals surface area contributed by atoms with Gasteiger partial charge in [-0.2, -0.15) is 0 Å². The number of aryl methyl sites for hydroxylation is 2. The van der Waals surface area contributed by atoms with E-state index in [2.05, 4.69) is 43.4 Å². The number of carbonyl (C=O) groups is 2. The summed E-state index contributed by atoms with van der Waals surface area (Å²) in [5.74, 6) is -1.30. The van der Waals surface area contributed by atoms with Crippen LogP contribution in [0.4, 0.5) is 0 Å². The van der Waals surface area contributed by atoms with Crippen molar-refractivity contribution in [2.24, 2.45) is 0 Å². The average molecular weight is 597 g/mol. The second-order valence-corrected chi connectivity index (χ2v) is 11.4. The summed E-state index contributed by atoms with van der Waals surface area (Å²) in [6.45, 7) is 14.1. The Bertz CT molecular complexity index is 1880. The smallest absolute Gasteiger partial charge is 0.340 e. The van der Waals surface area contributed by atoms with Crippen LogP contribution in [0.15, 0.2) is 24.8 Å². The maximum atomic E-state index is 13.3. The number of carbonyl (C=O) groups excluding carboxylic acids is 2. The van der Waals surface area contributed by atoms with Gasteiger partial charge in [0.05, 0.1) is 48.8 Å². The zero-order valence-corrected chi connectivity index (χ0v) is 26.5. The van der Waals surface area contributed by atoms with Crippen molar-refractivity contribution in [3.8, 4) is 0 Å². The predicted molar refractivity (Wildman–Crippen MR) is 173 cm³/mol. The van der Waals surface area contributed by atoms with Crippen LogP contribution in [0.3, 0.4) is 0 Å². The van der Waals surface area contributed by atoms with Crippen molar-refractivity contribution in [1.29, 1.82) is 0 Å². The van der Waals surface area contributed by atoms with Crippen LogP contribution < -0.4 is 0 Å². The molecule has 0 amide bonds. The van der Waals surface area contributed by atoms with Crippen LogP contribution >= 0.6 is 0 Å². The molecule has 0 fully saturated rings. The summed E-state index contributed by atoms with van der Waals surface area (Å²) in [6.07, 6.45) is 2.91. The minimum Gasteiger partial charge on any atom is -0.469 e. The number of aromatic amines is 2. The van der Waals surface area contributed by atoms with Crippen LogP contribution in [0, 0.1) is 13.8 Å². The Kier molecular flexibility index (Phi) is 8.61. The number of aliphatic hydroxyl groups is 1. The van der Waals surface area contributed by atoms with E-state index in [9.17, 15) is 14.7 Å². The maximum Gasteiger partial charge on any atom is 0.340 e. The molecule has 3 N–H and O–H groups in total. The lowest BCUT2D eigenvalue weighted by Gasteiger charge is -2.17. The van der Waals surface area contributed by atoms with Crippen LogP contribution in [-0.2, 0) is 20.7 Å². The Labute approximate surface area is 257 Å². The predicted octanol–water partition coefficient (Wildman–Crippen LogP) is 6.69. The summed E-state index contributed by atoms with van der Waals surface area (Å²) in [6, 6.07) is 6.03. The third-order valence-electron chi connectivity index (χ3n) is 9.12. The second-order valence-electron chi connectivity index (χ2n) is 11.4. The van der Waals surface area contributed by atoms with E-state index in [0.717, 1.165) is 56.8 Å². The van der Waals surface area contributed by atoms with E-state index in [0.29, 0.717) is 39.8 Å². The van der Waals surface area contributed by atoms with E-state index >= 15 is 0 Å². The molecule has 0 aliphatic carbocycles. The molecule has 3 aromatic rings. The number of ether oxygens (including phenoxy) is 2. The van der Waals surface area contributed by atoms with Gasteiger partial charge in [0.25, 0.3) is 0 Å². The van der Waals surface area contributed by atoms with E-state index < -0.39 is 11.9 Å². The Morgan fingerprint density at radius 1 is 1.00 bits per heavy atom. The number of hydrogen-bond acceptors (Lipinski definition) is 7. The highest BCUT2D eigenvalue weighted by atomic mass is 16.5. The summed E-state index contributed by atoms with van der Waals surface area (Å²) >= 11 is 0. The lowest BCUT2D eigenvalue weighted by atomic mass is 9.86. The highest BCUT2D eigenvalue weighted by Crippen LogP contribution is 2.42. The molecule has 230 valence electrons. The quantitative estimate of drug-likeness (QED) is 0.259. The minimum absolute atomic E-state index is 0.0649. The van der Waals surface area contributed by atoms with E-state index in [1.807, 2.05) is 32.1 Å². The number of H-pyrrole nitrogens is 2. The SMILES string of the molecule is C=Cc1c(C)c2cc3nc(c(CC(=O)OC)c4[nH]c(cc5nc(cc1[nH]2)C(C)=C5CC)c(C)c4C(=O)OC)[C@@H](CCO)[C@@H]3C. The number of rotatable bonds is 7. The van der Waals surface area contributed by atoms with Gasteiger partial charge in [-0.25, -0.2) is 9.78 Å². The summed E-state index contributed by atoms with van der Waals surface area (Å²) in [5.41, 5.74) is 11.7. The molecule has 2 aliphatic heterocycles.